The number of aliphatic hydroxyl groups excluding tert-OH is 1. The topological polar surface area (TPSA) is 45.6 Å². The lowest BCUT2D eigenvalue weighted by molar-refractivity contribution is 0.127. The van der Waals surface area contributed by atoms with Crippen LogP contribution in [0.2, 0.25) is 0 Å². The summed E-state index contributed by atoms with van der Waals surface area (Å²) in [5.41, 5.74) is 1.05. The Morgan fingerprint density at radius 1 is 1.33 bits per heavy atom. The summed E-state index contributed by atoms with van der Waals surface area (Å²) < 4.78 is 6.29. The molecule has 0 unspecified atom stereocenters. The van der Waals surface area contributed by atoms with E-state index in [0.29, 0.717) is 13.2 Å². The molecule has 0 aliphatic heterocycles. The number of ether oxygens (including phenoxy) is 1. The van der Waals surface area contributed by atoms with Crippen LogP contribution in [0.3, 0.4) is 0 Å². The lowest BCUT2D eigenvalue weighted by Gasteiger charge is -2.19. The van der Waals surface area contributed by atoms with E-state index >= 15 is 0 Å². The van der Waals surface area contributed by atoms with Crippen LogP contribution in [0.1, 0.15) is 5.01 Å². The minimum absolute atomic E-state index is 0.161. The van der Waals surface area contributed by atoms with Crippen LogP contribution in [0.15, 0.2) is 24.3 Å². The molecular weight excluding hydrogens is 248 g/mol. The Morgan fingerprint density at radius 2 is 2.17 bits per heavy atom. The quantitative estimate of drug-likeness (QED) is 0.829. The highest BCUT2D eigenvalue weighted by Gasteiger charge is 2.09. The zero-order valence-electron chi connectivity index (χ0n) is 10.5. The normalized spacial score (nSPS) is 11.5. The van der Waals surface area contributed by atoms with Gasteiger partial charge < -0.3 is 9.84 Å². The van der Waals surface area contributed by atoms with Crippen molar-refractivity contribution in [2.24, 2.45) is 0 Å². The summed E-state index contributed by atoms with van der Waals surface area (Å²) in [6.07, 6.45) is 0. The van der Waals surface area contributed by atoms with Gasteiger partial charge in [0.15, 0.2) is 0 Å². The van der Waals surface area contributed by atoms with Crippen molar-refractivity contribution in [2.45, 2.75) is 6.54 Å². The first kappa shape index (κ1) is 13.4. The molecule has 0 amide bonds. The number of aromatic nitrogens is 1. The summed E-state index contributed by atoms with van der Waals surface area (Å²) in [6.45, 7) is 3.06. The molecule has 0 fully saturated rings. The van der Waals surface area contributed by atoms with Crippen LogP contribution in [0.5, 0.6) is 0 Å². The highest BCUT2D eigenvalue weighted by Crippen LogP contribution is 2.22. The number of methoxy groups -OCH3 is 1. The molecule has 0 saturated heterocycles. The summed E-state index contributed by atoms with van der Waals surface area (Å²) in [4.78, 5) is 6.75. The molecular formula is C13H18N2O2S. The van der Waals surface area contributed by atoms with E-state index in [2.05, 4.69) is 16.0 Å². The molecule has 1 heterocycles. The van der Waals surface area contributed by atoms with Crippen molar-refractivity contribution in [2.75, 3.05) is 33.4 Å². The highest BCUT2D eigenvalue weighted by molar-refractivity contribution is 7.18. The molecule has 1 N–H and O–H groups in total. The van der Waals surface area contributed by atoms with E-state index in [1.54, 1.807) is 18.4 Å². The standard InChI is InChI=1S/C13H18N2O2S/c1-17-9-7-15(6-8-16)10-13-14-11-4-2-3-5-12(11)18-13/h2-5,16H,6-10H2,1H3. The van der Waals surface area contributed by atoms with Gasteiger partial charge in [0.05, 0.1) is 30.0 Å². The van der Waals surface area contributed by atoms with Gasteiger partial charge in [0.1, 0.15) is 5.01 Å². The smallest absolute Gasteiger partial charge is 0.108 e. The van der Waals surface area contributed by atoms with Crippen LogP contribution in [-0.4, -0.2) is 48.4 Å². The number of benzene rings is 1. The van der Waals surface area contributed by atoms with Crippen molar-refractivity contribution in [1.29, 1.82) is 0 Å². The van der Waals surface area contributed by atoms with E-state index in [1.165, 1.54) is 4.70 Å². The highest BCUT2D eigenvalue weighted by atomic mass is 32.1. The fourth-order valence-electron chi connectivity index (χ4n) is 1.81. The molecule has 0 bridgehead atoms. The molecule has 2 aromatic rings. The second kappa shape index (κ2) is 6.80. The van der Waals surface area contributed by atoms with Crippen molar-refractivity contribution in [1.82, 2.24) is 9.88 Å². The van der Waals surface area contributed by atoms with Gasteiger partial charge in [0.2, 0.25) is 0 Å². The lowest BCUT2D eigenvalue weighted by Crippen LogP contribution is -2.29. The zero-order chi connectivity index (χ0) is 12.8. The maximum Gasteiger partial charge on any atom is 0.108 e. The number of hydrogen-bond donors (Lipinski definition) is 1. The van der Waals surface area contributed by atoms with Gasteiger partial charge in [-0.25, -0.2) is 4.98 Å². The fraction of sp³-hybridized carbons (Fsp3) is 0.462. The van der Waals surface area contributed by atoms with Gasteiger partial charge >= 0.3 is 0 Å². The molecule has 0 spiro atoms. The Balaban J connectivity index is 2.05. The molecule has 4 nitrogen and oxygen atoms in total. The van der Waals surface area contributed by atoms with Gasteiger partial charge in [-0.15, -0.1) is 11.3 Å². The number of thiazole rings is 1. The van der Waals surface area contributed by atoms with Crippen LogP contribution in [0.4, 0.5) is 0 Å². The molecule has 0 saturated carbocycles. The molecule has 18 heavy (non-hydrogen) atoms. The Kier molecular flexibility index (Phi) is 5.07. The van der Waals surface area contributed by atoms with E-state index < -0.39 is 0 Å². The van der Waals surface area contributed by atoms with E-state index in [4.69, 9.17) is 9.84 Å². The lowest BCUT2D eigenvalue weighted by atomic mass is 10.3. The first-order valence-electron chi connectivity index (χ1n) is 6.00. The van der Waals surface area contributed by atoms with Crippen molar-refractivity contribution in [3.8, 4) is 0 Å². The predicted octanol–water partition coefficient (Wildman–Crippen LogP) is 1.74. The molecule has 5 heteroatoms. The summed E-state index contributed by atoms with van der Waals surface area (Å²) >= 11 is 1.71. The summed E-state index contributed by atoms with van der Waals surface area (Å²) in [5, 5.41) is 10.1. The van der Waals surface area contributed by atoms with E-state index in [0.717, 1.165) is 23.6 Å². The maximum atomic E-state index is 9.05. The number of aliphatic hydroxyl groups is 1. The first-order chi connectivity index (χ1) is 8.83. The van der Waals surface area contributed by atoms with Crippen molar-refractivity contribution < 1.29 is 9.84 Å². The van der Waals surface area contributed by atoms with E-state index in [1.807, 2.05) is 18.2 Å². The number of fused-ring (bicyclic) bond motifs is 1. The average molecular weight is 266 g/mol. The minimum atomic E-state index is 0.161. The average Bonchev–Trinajstić information content (AvgIpc) is 2.78. The third-order valence-corrected chi connectivity index (χ3v) is 3.75. The number of hydrogen-bond acceptors (Lipinski definition) is 5. The molecule has 1 aromatic carbocycles. The zero-order valence-corrected chi connectivity index (χ0v) is 11.3. The number of para-hydroxylation sites is 1. The van der Waals surface area contributed by atoms with Gasteiger partial charge in [-0.3, -0.25) is 4.90 Å². The van der Waals surface area contributed by atoms with Crippen molar-refractivity contribution in [3.05, 3.63) is 29.3 Å². The van der Waals surface area contributed by atoms with Crippen LogP contribution >= 0.6 is 11.3 Å². The third-order valence-electron chi connectivity index (χ3n) is 2.72. The second-order valence-corrected chi connectivity index (χ2v) is 5.18. The molecule has 0 aliphatic carbocycles. The fourth-order valence-corrected chi connectivity index (χ4v) is 2.82. The molecule has 1 aromatic heterocycles. The monoisotopic (exact) mass is 266 g/mol. The van der Waals surface area contributed by atoms with Crippen molar-refractivity contribution in [3.63, 3.8) is 0 Å². The van der Waals surface area contributed by atoms with Crippen LogP contribution in [0.25, 0.3) is 10.2 Å². The molecule has 0 aliphatic rings. The minimum Gasteiger partial charge on any atom is -0.395 e. The van der Waals surface area contributed by atoms with E-state index in [9.17, 15) is 0 Å². The Labute approximate surface area is 111 Å². The first-order valence-corrected chi connectivity index (χ1v) is 6.81. The van der Waals surface area contributed by atoms with Crippen LogP contribution < -0.4 is 0 Å². The SMILES string of the molecule is COCCN(CCO)Cc1nc2ccccc2s1. The Hall–Kier alpha value is -1.01. The van der Waals surface area contributed by atoms with Gasteiger partial charge in [0.25, 0.3) is 0 Å². The second-order valence-electron chi connectivity index (χ2n) is 4.07. The van der Waals surface area contributed by atoms with Gasteiger partial charge in [0, 0.05) is 20.2 Å². The molecule has 0 atom stereocenters. The molecule has 2 rings (SSSR count). The van der Waals surface area contributed by atoms with Gasteiger partial charge in [-0.05, 0) is 12.1 Å². The van der Waals surface area contributed by atoms with Gasteiger partial charge in [-0.2, -0.15) is 0 Å². The predicted molar refractivity (Wildman–Crippen MR) is 73.9 cm³/mol. The summed E-state index contributed by atoms with van der Waals surface area (Å²) in [5.74, 6) is 0. The maximum absolute atomic E-state index is 9.05. The Bertz CT molecular complexity index is 454. The molecule has 0 radical (unpaired) electrons. The molecule has 98 valence electrons. The Morgan fingerprint density at radius 3 is 2.89 bits per heavy atom. The largest absolute Gasteiger partial charge is 0.395 e. The summed E-state index contributed by atoms with van der Waals surface area (Å²) in [6, 6.07) is 8.14. The van der Waals surface area contributed by atoms with Crippen LogP contribution in [0, 0.1) is 0 Å². The van der Waals surface area contributed by atoms with Gasteiger partial charge in [-0.1, -0.05) is 12.1 Å². The third kappa shape index (κ3) is 3.49. The van der Waals surface area contributed by atoms with Crippen molar-refractivity contribution >= 4 is 21.6 Å². The number of rotatable bonds is 7. The van der Waals surface area contributed by atoms with Crippen LogP contribution in [-0.2, 0) is 11.3 Å². The van der Waals surface area contributed by atoms with E-state index in [-0.39, 0.29) is 6.61 Å². The number of nitrogens with zero attached hydrogens (tertiary/aromatic N) is 2. The summed E-state index contributed by atoms with van der Waals surface area (Å²) in [7, 11) is 1.69.